The zero-order chi connectivity index (χ0) is 15.4. The maximum Gasteiger partial charge on any atom is 0.0238 e. The summed E-state index contributed by atoms with van der Waals surface area (Å²) in [7, 11) is 2.30. The lowest BCUT2D eigenvalue weighted by molar-refractivity contribution is 0.168. The van der Waals surface area contributed by atoms with Crippen molar-refractivity contribution in [3.8, 4) is 0 Å². The third kappa shape index (κ3) is 4.31. The van der Waals surface area contributed by atoms with Crippen LogP contribution >= 0.6 is 0 Å². The van der Waals surface area contributed by atoms with Crippen LogP contribution in [0.2, 0.25) is 0 Å². The molecule has 0 atom stereocenters. The topological polar surface area (TPSA) is 15.3 Å². The number of hydrogen-bond acceptors (Lipinski definition) is 2. The van der Waals surface area contributed by atoms with E-state index in [0.717, 1.165) is 25.2 Å². The molecule has 1 aromatic rings. The van der Waals surface area contributed by atoms with E-state index in [9.17, 15) is 0 Å². The molecule has 1 fully saturated rings. The third-order valence-electron chi connectivity index (χ3n) is 5.06. The lowest BCUT2D eigenvalue weighted by atomic mass is 9.89. The number of benzene rings is 1. The molecule has 0 unspecified atom stereocenters. The Morgan fingerprint density at radius 3 is 2.14 bits per heavy atom. The molecule has 1 saturated carbocycles. The summed E-state index contributed by atoms with van der Waals surface area (Å²) in [5, 5.41) is 3.60. The van der Waals surface area contributed by atoms with Gasteiger partial charge in [-0.3, -0.25) is 4.90 Å². The van der Waals surface area contributed by atoms with Gasteiger partial charge in [-0.25, -0.2) is 0 Å². The average molecular weight is 288 g/mol. The smallest absolute Gasteiger partial charge is 0.0238 e. The van der Waals surface area contributed by atoms with Crippen molar-refractivity contribution in [3.05, 3.63) is 34.4 Å². The Balaban J connectivity index is 1.95. The first-order valence-corrected chi connectivity index (χ1v) is 8.51. The molecule has 0 saturated heterocycles. The van der Waals surface area contributed by atoms with Crippen LogP contribution < -0.4 is 5.32 Å². The fraction of sp³-hybridized carbons (Fsp3) is 0.684. The van der Waals surface area contributed by atoms with Crippen molar-refractivity contribution in [3.63, 3.8) is 0 Å². The monoisotopic (exact) mass is 288 g/mol. The molecule has 1 aliphatic rings. The second kappa shape index (κ2) is 7.42. The minimum absolute atomic E-state index is 0.750. The quantitative estimate of drug-likeness (QED) is 0.882. The maximum atomic E-state index is 3.60. The van der Waals surface area contributed by atoms with Gasteiger partial charge in [0.15, 0.2) is 0 Å². The summed E-state index contributed by atoms with van der Waals surface area (Å²) in [5.41, 5.74) is 5.79. The van der Waals surface area contributed by atoms with Gasteiger partial charge in [-0.2, -0.15) is 0 Å². The molecule has 0 aliphatic heterocycles. The van der Waals surface area contributed by atoms with Crippen molar-refractivity contribution in [1.29, 1.82) is 0 Å². The molecule has 0 spiro atoms. The van der Waals surface area contributed by atoms with Crippen LogP contribution in [0.25, 0.3) is 0 Å². The molecule has 0 amide bonds. The Bertz CT molecular complexity index is 436. The molecule has 0 aromatic heterocycles. The van der Waals surface area contributed by atoms with Gasteiger partial charge in [-0.1, -0.05) is 24.6 Å². The number of nitrogens with zero attached hydrogens (tertiary/aromatic N) is 1. The molecule has 0 radical (unpaired) electrons. The fourth-order valence-corrected chi connectivity index (χ4v) is 3.85. The average Bonchev–Trinajstić information content (AvgIpc) is 2.43. The van der Waals surface area contributed by atoms with E-state index in [0.29, 0.717) is 0 Å². The van der Waals surface area contributed by atoms with Gasteiger partial charge in [0, 0.05) is 18.6 Å². The molecular formula is C19H32N2. The van der Waals surface area contributed by atoms with Crippen molar-refractivity contribution in [1.82, 2.24) is 10.2 Å². The first kappa shape index (κ1) is 16.5. The van der Waals surface area contributed by atoms with Gasteiger partial charge in [0.25, 0.3) is 0 Å². The second-order valence-electron chi connectivity index (χ2n) is 6.86. The van der Waals surface area contributed by atoms with E-state index in [2.05, 4.69) is 57.1 Å². The lowest BCUT2D eigenvalue weighted by Gasteiger charge is -2.35. The van der Waals surface area contributed by atoms with E-state index in [4.69, 9.17) is 0 Å². The Morgan fingerprint density at radius 1 is 1.05 bits per heavy atom. The van der Waals surface area contributed by atoms with Crippen LogP contribution in [0.4, 0.5) is 0 Å². The molecule has 2 rings (SSSR count). The molecule has 1 aliphatic carbocycles. The number of hydrogen-bond donors (Lipinski definition) is 1. The highest BCUT2D eigenvalue weighted by Crippen LogP contribution is 2.25. The van der Waals surface area contributed by atoms with E-state index < -0.39 is 0 Å². The van der Waals surface area contributed by atoms with Crippen molar-refractivity contribution in [2.24, 2.45) is 0 Å². The summed E-state index contributed by atoms with van der Waals surface area (Å²) in [5.74, 6) is 0. The number of nitrogens with one attached hydrogen (secondary N) is 1. The van der Waals surface area contributed by atoms with Gasteiger partial charge >= 0.3 is 0 Å². The zero-order valence-electron chi connectivity index (χ0n) is 14.5. The van der Waals surface area contributed by atoms with Crippen molar-refractivity contribution in [2.45, 2.75) is 72.0 Å². The minimum Gasteiger partial charge on any atom is -0.314 e. The van der Waals surface area contributed by atoms with Gasteiger partial charge in [-0.05, 0) is 76.7 Å². The van der Waals surface area contributed by atoms with Gasteiger partial charge in [0.05, 0.1) is 0 Å². The predicted molar refractivity (Wildman–Crippen MR) is 91.8 cm³/mol. The van der Waals surface area contributed by atoms with E-state index in [1.165, 1.54) is 47.9 Å². The molecule has 21 heavy (non-hydrogen) atoms. The number of aryl methyl sites for hydroxylation is 3. The molecule has 2 heteroatoms. The summed E-state index contributed by atoms with van der Waals surface area (Å²) >= 11 is 0. The van der Waals surface area contributed by atoms with Gasteiger partial charge in [0.1, 0.15) is 0 Å². The highest BCUT2D eigenvalue weighted by Gasteiger charge is 2.23. The molecular weight excluding hydrogens is 256 g/mol. The standard InChI is InChI=1S/C19H32N2/c1-6-20-17-7-9-18(10-8-17)21(5)13-19-15(3)11-14(2)12-16(19)4/h11-12,17-18,20H,6-10,13H2,1-5H3. The van der Waals surface area contributed by atoms with Crippen LogP contribution in [0.5, 0.6) is 0 Å². The van der Waals surface area contributed by atoms with E-state index in [1.54, 1.807) is 0 Å². The number of rotatable bonds is 5. The summed E-state index contributed by atoms with van der Waals surface area (Å²) in [4.78, 5) is 2.58. The fourth-order valence-electron chi connectivity index (χ4n) is 3.85. The van der Waals surface area contributed by atoms with Crippen LogP contribution in [-0.4, -0.2) is 30.6 Å². The van der Waals surface area contributed by atoms with Crippen LogP contribution in [0.1, 0.15) is 54.9 Å². The van der Waals surface area contributed by atoms with Crippen molar-refractivity contribution < 1.29 is 0 Å². The summed E-state index contributed by atoms with van der Waals surface area (Å²) in [6.07, 6.45) is 5.32. The maximum absolute atomic E-state index is 3.60. The summed E-state index contributed by atoms with van der Waals surface area (Å²) in [6, 6.07) is 6.14. The molecule has 1 aromatic carbocycles. The Kier molecular flexibility index (Phi) is 5.83. The lowest BCUT2D eigenvalue weighted by Crippen LogP contribution is -2.40. The molecule has 2 nitrogen and oxygen atoms in total. The van der Waals surface area contributed by atoms with Crippen molar-refractivity contribution in [2.75, 3.05) is 13.6 Å². The Hall–Kier alpha value is -0.860. The van der Waals surface area contributed by atoms with Crippen molar-refractivity contribution >= 4 is 0 Å². The zero-order valence-corrected chi connectivity index (χ0v) is 14.5. The summed E-state index contributed by atoms with van der Waals surface area (Å²) < 4.78 is 0. The van der Waals surface area contributed by atoms with Crippen LogP contribution in [0, 0.1) is 20.8 Å². The third-order valence-corrected chi connectivity index (χ3v) is 5.06. The highest BCUT2D eigenvalue weighted by molar-refractivity contribution is 5.37. The van der Waals surface area contributed by atoms with Gasteiger partial charge in [0.2, 0.25) is 0 Å². The first-order valence-electron chi connectivity index (χ1n) is 8.51. The normalized spacial score (nSPS) is 22.8. The second-order valence-corrected chi connectivity index (χ2v) is 6.86. The Labute approximate surface area is 130 Å². The Morgan fingerprint density at radius 2 is 1.62 bits per heavy atom. The largest absolute Gasteiger partial charge is 0.314 e. The highest BCUT2D eigenvalue weighted by atomic mass is 15.1. The molecule has 0 heterocycles. The first-order chi connectivity index (χ1) is 10.0. The van der Waals surface area contributed by atoms with Gasteiger partial charge < -0.3 is 5.32 Å². The molecule has 0 bridgehead atoms. The van der Waals surface area contributed by atoms with E-state index in [-0.39, 0.29) is 0 Å². The van der Waals surface area contributed by atoms with E-state index in [1.807, 2.05) is 0 Å². The molecule has 1 N–H and O–H groups in total. The van der Waals surface area contributed by atoms with Crippen LogP contribution in [0.15, 0.2) is 12.1 Å². The van der Waals surface area contributed by atoms with Gasteiger partial charge in [-0.15, -0.1) is 0 Å². The SMILES string of the molecule is CCNC1CCC(N(C)Cc2c(C)cc(C)cc2C)CC1. The molecule has 118 valence electrons. The minimum atomic E-state index is 0.750. The predicted octanol–water partition coefficient (Wildman–Crippen LogP) is 3.96. The van der Waals surface area contributed by atoms with Crippen LogP contribution in [0.3, 0.4) is 0 Å². The van der Waals surface area contributed by atoms with E-state index >= 15 is 0 Å². The summed E-state index contributed by atoms with van der Waals surface area (Å²) in [6.45, 7) is 11.1. The van der Waals surface area contributed by atoms with Crippen LogP contribution in [-0.2, 0) is 6.54 Å².